The van der Waals surface area contributed by atoms with Crippen molar-refractivity contribution in [1.29, 1.82) is 0 Å². The van der Waals surface area contributed by atoms with Crippen LogP contribution in [-0.2, 0) is 18.9 Å². The van der Waals surface area contributed by atoms with Gasteiger partial charge in [-0.15, -0.1) is 0 Å². The highest BCUT2D eigenvalue weighted by Gasteiger charge is 2.30. The number of hydrogen-bond acceptors (Lipinski definition) is 7. The molecule has 10 heteroatoms. The first-order chi connectivity index (χ1) is 17.1. The van der Waals surface area contributed by atoms with Gasteiger partial charge in [0.05, 0.1) is 0 Å². The minimum atomic E-state index is -2.92. The van der Waals surface area contributed by atoms with Gasteiger partial charge in [0.2, 0.25) is 0 Å². The van der Waals surface area contributed by atoms with Gasteiger partial charge in [0.1, 0.15) is 17.3 Å². The number of fused-ring (bicyclic) bond motifs is 1. The number of aryl methyl sites for hydroxylation is 1. The van der Waals surface area contributed by atoms with Crippen molar-refractivity contribution in [3.8, 4) is 11.5 Å². The predicted octanol–water partition coefficient (Wildman–Crippen LogP) is 3.99. The van der Waals surface area contributed by atoms with E-state index in [9.17, 15) is 13.6 Å². The van der Waals surface area contributed by atoms with Gasteiger partial charge in [-0.1, -0.05) is 17.3 Å². The van der Waals surface area contributed by atoms with Crippen molar-refractivity contribution in [2.45, 2.75) is 58.5 Å². The van der Waals surface area contributed by atoms with Crippen molar-refractivity contribution < 1.29 is 18.1 Å². The molecule has 0 spiro atoms. The molecule has 36 heavy (non-hydrogen) atoms. The van der Waals surface area contributed by atoms with E-state index in [1.807, 2.05) is 11.8 Å². The van der Waals surface area contributed by atoms with Gasteiger partial charge in [-0.3, -0.25) is 4.79 Å². The van der Waals surface area contributed by atoms with Crippen LogP contribution in [0.15, 0.2) is 28.8 Å². The Balaban J connectivity index is 1.54. The second-order valence-electron chi connectivity index (χ2n) is 9.84. The van der Waals surface area contributed by atoms with Crippen LogP contribution in [0.2, 0.25) is 0 Å². The van der Waals surface area contributed by atoms with Crippen LogP contribution < -0.4 is 10.6 Å². The van der Waals surface area contributed by atoms with Gasteiger partial charge in [-0.2, -0.15) is 0 Å². The van der Waals surface area contributed by atoms with E-state index in [1.54, 1.807) is 30.0 Å². The molecule has 0 atom stereocenters. The van der Waals surface area contributed by atoms with Crippen LogP contribution in [0.25, 0.3) is 11.5 Å². The summed E-state index contributed by atoms with van der Waals surface area (Å²) in [6.07, 6.45) is 2.16. The molecule has 190 valence electrons. The maximum Gasteiger partial charge on any atom is 0.272 e. The Morgan fingerprint density at radius 1 is 1.11 bits per heavy atom. The number of amides is 1. The highest BCUT2D eigenvalue weighted by Crippen LogP contribution is 2.33. The second kappa shape index (κ2) is 9.24. The van der Waals surface area contributed by atoms with Gasteiger partial charge in [-0.05, 0) is 50.3 Å². The molecule has 1 amide bonds. The molecule has 2 aliphatic heterocycles. The highest BCUT2D eigenvalue weighted by atomic mass is 19.3. The number of halogens is 2. The number of carbonyl (C=O) groups excluding carboxylic acids is 1. The first-order valence-electron chi connectivity index (χ1n) is 12.2. The molecule has 3 aromatic rings. The minimum Gasteiger partial charge on any atom is -0.361 e. The van der Waals surface area contributed by atoms with E-state index in [1.165, 1.54) is 6.07 Å². The number of piperidine rings is 1. The van der Waals surface area contributed by atoms with E-state index in [4.69, 9.17) is 15.2 Å². The van der Waals surface area contributed by atoms with Gasteiger partial charge in [0.15, 0.2) is 11.5 Å². The van der Waals surface area contributed by atoms with E-state index in [0.717, 1.165) is 30.9 Å². The van der Waals surface area contributed by atoms with Crippen LogP contribution in [0.5, 0.6) is 0 Å². The summed E-state index contributed by atoms with van der Waals surface area (Å²) in [5, 5.41) is 4.06. The zero-order chi connectivity index (χ0) is 25.6. The predicted molar refractivity (Wildman–Crippen MR) is 131 cm³/mol. The van der Waals surface area contributed by atoms with Crippen LogP contribution in [0.4, 0.5) is 14.6 Å². The van der Waals surface area contributed by atoms with Crippen molar-refractivity contribution in [2.24, 2.45) is 5.73 Å². The lowest BCUT2D eigenvalue weighted by Gasteiger charge is -2.33. The summed E-state index contributed by atoms with van der Waals surface area (Å²) < 4.78 is 33.2. The Bertz CT molecular complexity index is 1290. The van der Waals surface area contributed by atoms with E-state index >= 15 is 0 Å². The topological polar surface area (TPSA) is 101 Å². The SMILES string of the molecule is Cc1cc(-c2nc(C(=O)N3CCC(N)CC3)c(C)c(N3CCc4ccc(C(C)(F)F)cc4C3)n2)no1. The van der Waals surface area contributed by atoms with Gasteiger partial charge < -0.3 is 20.1 Å². The number of anilines is 1. The first kappa shape index (κ1) is 24.3. The fourth-order valence-electron chi connectivity index (χ4n) is 4.87. The van der Waals surface area contributed by atoms with Crippen LogP contribution in [-0.4, -0.2) is 51.6 Å². The normalized spacial score (nSPS) is 16.8. The third-order valence-electron chi connectivity index (χ3n) is 7.03. The van der Waals surface area contributed by atoms with Crippen molar-refractivity contribution in [2.75, 3.05) is 24.5 Å². The summed E-state index contributed by atoms with van der Waals surface area (Å²) >= 11 is 0. The molecule has 0 aliphatic carbocycles. The largest absolute Gasteiger partial charge is 0.361 e. The van der Waals surface area contributed by atoms with Crippen molar-refractivity contribution in [3.63, 3.8) is 0 Å². The fourth-order valence-corrected chi connectivity index (χ4v) is 4.87. The van der Waals surface area contributed by atoms with Crippen LogP contribution in [0, 0.1) is 13.8 Å². The quantitative estimate of drug-likeness (QED) is 0.583. The van der Waals surface area contributed by atoms with Gasteiger partial charge >= 0.3 is 0 Å². The maximum absolute atomic E-state index is 14.0. The Morgan fingerprint density at radius 2 is 1.86 bits per heavy atom. The number of benzene rings is 1. The summed E-state index contributed by atoms with van der Waals surface area (Å²) in [5.74, 6) is -1.60. The standard InChI is InChI=1S/C26H30F2N6O2/c1-15-12-21(32-36-15)23-30-22(25(35)33-10-7-20(29)8-11-33)16(2)24(31-23)34-9-6-17-4-5-19(26(3,27)28)13-18(17)14-34/h4-5,12-13,20H,6-11,14,29H2,1-3H3. The molecule has 5 rings (SSSR count). The molecule has 1 saturated heterocycles. The summed E-state index contributed by atoms with van der Waals surface area (Å²) in [6, 6.07) is 6.67. The number of hydrogen-bond donors (Lipinski definition) is 1. The average Bonchev–Trinajstić information content (AvgIpc) is 3.29. The zero-order valence-corrected chi connectivity index (χ0v) is 20.7. The Kier molecular flexibility index (Phi) is 6.23. The van der Waals surface area contributed by atoms with Crippen LogP contribution in [0.3, 0.4) is 0 Å². The second-order valence-corrected chi connectivity index (χ2v) is 9.84. The summed E-state index contributed by atoms with van der Waals surface area (Å²) in [7, 11) is 0. The molecule has 8 nitrogen and oxygen atoms in total. The molecule has 0 unspecified atom stereocenters. The monoisotopic (exact) mass is 496 g/mol. The molecule has 0 bridgehead atoms. The summed E-state index contributed by atoms with van der Waals surface area (Å²) in [4.78, 5) is 26.7. The van der Waals surface area contributed by atoms with E-state index < -0.39 is 5.92 Å². The molecule has 4 heterocycles. The van der Waals surface area contributed by atoms with Gasteiger partial charge in [0.25, 0.3) is 11.8 Å². The smallest absolute Gasteiger partial charge is 0.272 e. The highest BCUT2D eigenvalue weighted by molar-refractivity contribution is 5.95. The molecule has 2 aliphatic rings. The minimum absolute atomic E-state index is 0.0135. The molecular formula is C26H30F2N6O2. The summed E-state index contributed by atoms with van der Waals surface area (Å²) in [6.45, 7) is 6.70. The molecule has 2 N–H and O–H groups in total. The number of alkyl halides is 2. The van der Waals surface area contributed by atoms with E-state index in [2.05, 4.69) is 10.1 Å². The van der Waals surface area contributed by atoms with Crippen molar-refractivity contribution in [1.82, 2.24) is 20.0 Å². The lowest BCUT2D eigenvalue weighted by molar-refractivity contribution is 0.0173. The molecular weight excluding hydrogens is 466 g/mol. The lowest BCUT2D eigenvalue weighted by atomic mass is 9.95. The number of nitrogens with two attached hydrogens (primary N) is 1. The number of likely N-dealkylation sites (tertiary alicyclic amines) is 1. The Morgan fingerprint density at radius 3 is 2.53 bits per heavy atom. The molecule has 2 aromatic heterocycles. The molecule has 0 saturated carbocycles. The first-order valence-corrected chi connectivity index (χ1v) is 12.2. The molecule has 0 radical (unpaired) electrons. The Labute approximate surface area is 208 Å². The Hall–Kier alpha value is -3.40. The van der Waals surface area contributed by atoms with Crippen LogP contribution >= 0.6 is 0 Å². The number of aromatic nitrogens is 3. The molecule has 1 aromatic carbocycles. The third kappa shape index (κ3) is 4.69. The lowest BCUT2D eigenvalue weighted by Crippen LogP contribution is -2.43. The van der Waals surface area contributed by atoms with Crippen molar-refractivity contribution in [3.05, 3.63) is 58.0 Å². The van der Waals surface area contributed by atoms with Crippen molar-refractivity contribution >= 4 is 11.7 Å². The maximum atomic E-state index is 14.0. The molecule has 1 fully saturated rings. The number of nitrogens with zero attached hydrogens (tertiary/aromatic N) is 5. The van der Waals surface area contributed by atoms with Gasteiger partial charge in [-0.25, -0.2) is 18.7 Å². The van der Waals surface area contributed by atoms with Gasteiger partial charge in [0, 0.05) is 56.3 Å². The van der Waals surface area contributed by atoms with E-state index in [-0.39, 0.29) is 17.5 Å². The van der Waals surface area contributed by atoms with E-state index in [0.29, 0.717) is 67.0 Å². The fraction of sp³-hybridized carbons (Fsp3) is 0.462. The average molecular weight is 497 g/mol. The zero-order valence-electron chi connectivity index (χ0n) is 20.7. The third-order valence-corrected chi connectivity index (χ3v) is 7.03. The number of rotatable bonds is 4. The summed E-state index contributed by atoms with van der Waals surface area (Å²) in [5.41, 5.74) is 9.29. The number of carbonyl (C=O) groups is 1. The van der Waals surface area contributed by atoms with Crippen LogP contribution in [0.1, 0.15) is 58.3 Å².